The lowest BCUT2D eigenvalue weighted by Gasteiger charge is -2.01. The summed E-state index contributed by atoms with van der Waals surface area (Å²) >= 11 is 5.72. The molecule has 0 spiro atoms. The summed E-state index contributed by atoms with van der Waals surface area (Å²) < 4.78 is 18.2. The molecule has 1 aromatic carbocycles. The normalized spacial score (nSPS) is 11.1. The Kier molecular flexibility index (Phi) is 3.58. The molecule has 0 atom stereocenters. The van der Waals surface area contributed by atoms with Gasteiger partial charge in [0.2, 0.25) is 0 Å². The fourth-order valence-electron chi connectivity index (χ4n) is 1.49. The summed E-state index contributed by atoms with van der Waals surface area (Å²) in [6.45, 7) is 0. The molecule has 0 aliphatic heterocycles. The van der Waals surface area contributed by atoms with Gasteiger partial charge in [-0.25, -0.2) is 14.2 Å². The molecule has 0 saturated heterocycles. The number of carbonyl (C=O) groups excluding carboxylic acids is 1. The number of aromatic nitrogens is 1. The molecule has 1 aromatic heterocycles. The second kappa shape index (κ2) is 5.14. The second-order valence-corrected chi connectivity index (χ2v) is 3.94. The van der Waals surface area contributed by atoms with E-state index >= 15 is 0 Å². The molecular formula is C13H9ClFNO2. The van der Waals surface area contributed by atoms with Crippen molar-refractivity contribution in [2.75, 3.05) is 7.11 Å². The van der Waals surface area contributed by atoms with Gasteiger partial charge in [-0.2, -0.15) is 0 Å². The zero-order chi connectivity index (χ0) is 13.1. The highest BCUT2D eigenvalue weighted by Crippen LogP contribution is 2.20. The first-order chi connectivity index (χ1) is 8.60. The minimum absolute atomic E-state index is 0.289. The third-order valence-corrected chi connectivity index (χ3v) is 2.58. The van der Waals surface area contributed by atoms with Crippen LogP contribution in [-0.2, 0) is 9.53 Å². The monoisotopic (exact) mass is 265 g/mol. The predicted octanol–water partition coefficient (Wildman–Crippen LogP) is 3.21. The number of halogens is 2. The van der Waals surface area contributed by atoms with Crippen molar-refractivity contribution in [3.8, 4) is 0 Å². The maximum absolute atomic E-state index is 13.7. The zero-order valence-electron chi connectivity index (χ0n) is 9.48. The third-order valence-electron chi connectivity index (χ3n) is 2.37. The number of esters is 1. The van der Waals surface area contributed by atoms with E-state index in [1.165, 1.54) is 19.3 Å². The van der Waals surface area contributed by atoms with E-state index < -0.39 is 11.8 Å². The van der Waals surface area contributed by atoms with E-state index in [9.17, 15) is 9.18 Å². The van der Waals surface area contributed by atoms with Gasteiger partial charge in [-0.15, -0.1) is 0 Å². The highest BCUT2D eigenvalue weighted by atomic mass is 35.5. The Balaban J connectivity index is 2.46. The van der Waals surface area contributed by atoms with Gasteiger partial charge >= 0.3 is 5.97 Å². The minimum Gasteiger partial charge on any atom is -0.466 e. The van der Waals surface area contributed by atoms with Crippen molar-refractivity contribution in [1.29, 1.82) is 0 Å². The van der Waals surface area contributed by atoms with Crippen molar-refractivity contribution in [3.63, 3.8) is 0 Å². The smallest absolute Gasteiger partial charge is 0.330 e. The lowest BCUT2D eigenvalue weighted by atomic mass is 10.1. The lowest BCUT2D eigenvalue weighted by molar-refractivity contribution is -0.134. The highest BCUT2D eigenvalue weighted by molar-refractivity contribution is 6.29. The Morgan fingerprint density at radius 3 is 2.94 bits per heavy atom. The molecule has 3 nitrogen and oxygen atoms in total. The largest absolute Gasteiger partial charge is 0.466 e. The average molecular weight is 266 g/mol. The zero-order valence-corrected chi connectivity index (χ0v) is 10.2. The van der Waals surface area contributed by atoms with Crippen LogP contribution in [0.5, 0.6) is 0 Å². The molecular weight excluding hydrogens is 257 g/mol. The molecule has 0 aliphatic carbocycles. The first kappa shape index (κ1) is 12.5. The van der Waals surface area contributed by atoms with E-state index in [1.807, 2.05) is 0 Å². The molecule has 0 fully saturated rings. The molecule has 18 heavy (non-hydrogen) atoms. The first-order valence-corrected chi connectivity index (χ1v) is 5.50. The lowest BCUT2D eigenvalue weighted by Crippen LogP contribution is -1.94. The summed E-state index contributed by atoms with van der Waals surface area (Å²) in [7, 11) is 1.26. The number of nitrogens with zero attached hydrogens (tertiary/aromatic N) is 1. The van der Waals surface area contributed by atoms with Crippen molar-refractivity contribution < 1.29 is 13.9 Å². The van der Waals surface area contributed by atoms with Crippen molar-refractivity contribution in [1.82, 2.24) is 4.98 Å². The Morgan fingerprint density at radius 1 is 1.44 bits per heavy atom. The molecule has 0 unspecified atom stereocenters. The van der Waals surface area contributed by atoms with Crippen LogP contribution in [0.4, 0.5) is 4.39 Å². The van der Waals surface area contributed by atoms with Crippen LogP contribution < -0.4 is 0 Å². The van der Waals surface area contributed by atoms with E-state index in [-0.39, 0.29) is 5.56 Å². The second-order valence-electron chi connectivity index (χ2n) is 3.56. The van der Waals surface area contributed by atoms with E-state index in [1.54, 1.807) is 18.2 Å². The number of rotatable bonds is 2. The number of methoxy groups -OCH3 is 1. The average Bonchev–Trinajstić information content (AvgIpc) is 2.35. The fraction of sp³-hybridized carbons (Fsp3) is 0.0769. The number of carbonyl (C=O) groups is 1. The van der Waals surface area contributed by atoms with Gasteiger partial charge in [-0.3, -0.25) is 0 Å². The molecule has 0 aliphatic rings. The van der Waals surface area contributed by atoms with Crippen LogP contribution in [0.3, 0.4) is 0 Å². The van der Waals surface area contributed by atoms with Gasteiger partial charge in [0.25, 0.3) is 0 Å². The summed E-state index contributed by atoms with van der Waals surface area (Å²) in [5.74, 6) is -1.01. The predicted molar refractivity (Wildman–Crippen MR) is 67.8 cm³/mol. The molecule has 0 N–H and O–H groups in total. The Bertz CT molecular complexity index is 640. The Labute approximate surface area is 108 Å². The summed E-state index contributed by atoms with van der Waals surface area (Å²) in [6.07, 6.45) is 2.52. The minimum atomic E-state index is -0.538. The molecule has 2 aromatic rings. The summed E-state index contributed by atoms with van der Waals surface area (Å²) in [5.41, 5.74) is 0.757. The standard InChI is InChI=1S/C13H9ClFNO2/c1-18-13(17)5-3-8-6-9-2-4-12(14)16-11(9)7-10(8)15/h2-7H,1H3. The van der Waals surface area contributed by atoms with E-state index in [0.717, 1.165) is 11.5 Å². The van der Waals surface area contributed by atoms with Gasteiger partial charge in [0, 0.05) is 23.1 Å². The summed E-state index contributed by atoms with van der Waals surface area (Å²) in [5, 5.41) is 1.05. The molecule has 0 radical (unpaired) electrons. The highest BCUT2D eigenvalue weighted by Gasteiger charge is 2.04. The maximum atomic E-state index is 13.7. The molecule has 5 heteroatoms. The third kappa shape index (κ3) is 2.65. The molecule has 0 saturated carbocycles. The van der Waals surface area contributed by atoms with Crippen LogP contribution >= 0.6 is 11.6 Å². The van der Waals surface area contributed by atoms with E-state index in [2.05, 4.69) is 9.72 Å². The Morgan fingerprint density at radius 2 is 2.22 bits per heavy atom. The number of pyridine rings is 1. The van der Waals surface area contributed by atoms with Crippen LogP contribution in [0.15, 0.2) is 30.3 Å². The van der Waals surface area contributed by atoms with Crippen LogP contribution in [0, 0.1) is 5.82 Å². The van der Waals surface area contributed by atoms with Crippen LogP contribution in [0.2, 0.25) is 5.15 Å². The Hall–Kier alpha value is -1.94. The van der Waals surface area contributed by atoms with Gasteiger partial charge in [-0.1, -0.05) is 11.6 Å². The van der Waals surface area contributed by atoms with Crippen molar-refractivity contribution >= 4 is 34.5 Å². The topological polar surface area (TPSA) is 39.2 Å². The van der Waals surface area contributed by atoms with Crippen molar-refractivity contribution in [3.05, 3.63) is 46.9 Å². The fourth-order valence-corrected chi connectivity index (χ4v) is 1.65. The van der Waals surface area contributed by atoms with Crippen LogP contribution in [0.1, 0.15) is 5.56 Å². The molecule has 92 valence electrons. The number of hydrogen-bond acceptors (Lipinski definition) is 3. The number of benzene rings is 1. The SMILES string of the molecule is COC(=O)C=Cc1cc2ccc(Cl)nc2cc1F. The van der Waals surface area contributed by atoms with Crippen molar-refractivity contribution in [2.24, 2.45) is 0 Å². The number of ether oxygens (including phenoxy) is 1. The van der Waals surface area contributed by atoms with Gasteiger partial charge in [0.05, 0.1) is 12.6 Å². The number of hydrogen-bond donors (Lipinski definition) is 0. The molecule has 0 amide bonds. The van der Waals surface area contributed by atoms with E-state index in [4.69, 9.17) is 11.6 Å². The van der Waals surface area contributed by atoms with Crippen LogP contribution in [0.25, 0.3) is 17.0 Å². The van der Waals surface area contributed by atoms with E-state index in [0.29, 0.717) is 10.7 Å². The summed E-state index contributed by atoms with van der Waals surface area (Å²) in [6, 6.07) is 6.22. The van der Waals surface area contributed by atoms with Gasteiger partial charge in [0.1, 0.15) is 11.0 Å². The summed E-state index contributed by atoms with van der Waals surface area (Å²) in [4.78, 5) is 14.9. The quantitative estimate of drug-likeness (QED) is 0.475. The van der Waals surface area contributed by atoms with Crippen molar-refractivity contribution in [2.45, 2.75) is 0 Å². The molecule has 1 heterocycles. The number of fused-ring (bicyclic) bond motifs is 1. The van der Waals surface area contributed by atoms with Gasteiger partial charge in [-0.05, 0) is 24.3 Å². The maximum Gasteiger partial charge on any atom is 0.330 e. The van der Waals surface area contributed by atoms with Gasteiger partial charge < -0.3 is 4.74 Å². The van der Waals surface area contributed by atoms with Crippen LogP contribution in [-0.4, -0.2) is 18.1 Å². The molecule has 0 bridgehead atoms. The van der Waals surface area contributed by atoms with Gasteiger partial charge in [0.15, 0.2) is 0 Å². The molecule has 2 rings (SSSR count). The first-order valence-electron chi connectivity index (χ1n) is 5.12.